The van der Waals surface area contributed by atoms with Crippen molar-refractivity contribution in [2.75, 3.05) is 31.6 Å². The summed E-state index contributed by atoms with van der Waals surface area (Å²) in [4.78, 5) is 14.0. The second kappa shape index (κ2) is 7.24. The van der Waals surface area contributed by atoms with E-state index < -0.39 is 9.84 Å². The molecule has 0 atom stereocenters. The van der Waals surface area contributed by atoms with E-state index >= 15 is 0 Å². The van der Waals surface area contributed by atoms with Crippen LogP contribution < -0.4 is 5.32 Å². The van der Waals surface area contributed by atoms with Crippen molar-refractivity contribution in [2.24, 2.45) is 5.92 Å². The molecule has 1 aliphatic heterocycles. The quantitative estimate of drug-likeness (QED) is 0.780. The highest BCUT2D eigenvalue weighted by atomic mass is 32.2. The number of piperidine rings is 1. The van der Waals surface area contributed by atoms with E-state index in [4.69, 9.17) is 0 Å². The molecule has 1 saturated heterocycles. The fourth-order valence-electron chi connectivity index (χ4n) is 2.36. The largest absolute Gasteiger partial charge is 0.340 e. The van der Waals surface area contributed by atoms with E-state index in [1.807, 2.05) is 18.7 Å². The summed E-state index contributed by atoms with van der Waals surface area (Å²) in [7, 11) is -3.07. The van der Waals surface area contributed by atoms with Gasteiger partial charge in [-0.25, -0.2) is 8.42 Å². The maximum Gasteiger partial charge on any atom is 0.223 e. The SMILES string of the molecule is CC(C)N(CC1CCNCC1)C(=O)CCS(C)(=O)=O. The summed E-state index contributed by atoms with van der Waals surface area (Å²) >= 11 is 0. The minimum atomic E-state index is -3.07. The normalized spacial score (nSPS) is 17.7. The van der Waals surface area contributed by atoms with Crippen molar-refractivity contribution in [3.63, 3.8) is 0 Å². The van der Waals surface area contributed by atoms with E-state index in [9.17, 15) is 13.2 Å². The van der Waals surface area contributed by atoms with E-state index in [-0.39, 0.29) is 24.1 Å². The van der Waals surface area contributed by atoms with Gasteiger partial charge in [-0.05, 0) is 45.7 Å². The molecular formula is C13H26N2O3S. The van der Waals surface area contributed by atoms with E-state index in [0.717, 1.165) is 32.5 Å². The van der Waals surface area contributed by atoms with Gasteiger partial charge >= 0.3 is 0 Å². The molecule has 0 unspecified atom stereocenters. The maximum absolute atomic E-state index is 12.2. The first-order chi connectivity index (χ1) is 8.79. The van der Waals surface area contributed by atoms with Gasteiger partial charge in [0.15, 0.2) is 0 Å². The van der Waals surface area contributed by atoms with Gasteiger partial charge in [0.1, 0.15) is 9.84 Å². The number of nitrogens with zero attached hydrogens (tertiary/aromatic N) is 1. The van der Waals surface area contributed by atoms with Gasteiger partial charge in [-0.3, -0.25) is 4.79 Å². The molecule has 112 valence electrons. The molecule has 1 heterocycles. The molecule has 0 aliphatic carbocycles. The molecule has 0 aromatic carbocycles. The summed E-state index contributed by atoms with van der Waals surface area (Å²) in [6, 6.07) is 0.127. The molecule has 0 radical (unpaired) electrons. The van der Waals surface area contributed by atoms with E-state index in [1.165, 1.54) is 6.26 Å². The predicted molar refractivity (Wildman–Crippen MR) is 76.8 cm³/mol. The first-order valence-electron chi connectivity index (χ1n) is 6.97. The van der Waals surface area contributed by atoms with Crippen molar-refractivity contribution in [3.8, 4) is 0 Å². The Kier molecular flexibility index (Phi) is 6.26. The molecular weight excluding hydrogens is 264 g/mol. The zero-order valence-corrected chi connectivity index (χ0v) is 13.0. The Hall–Kier alpha value is -0.620. The standard InChI is InChI=1S/C13H26N2O3S/c1-11(2)15(10-12-4-7-14-8-5-12)13(16)6-9-19(3,17)18/h11-12,14H,4-10H2,1-3H3. The fraction of sp³-hybridized carbons (Fsp3) is 0.923. The minimum Gasteiger partial charge on any atom is -0.340 e. The Bertz CT molecular complexity index is 387. The number of hydrogen-bond acceptors (Lipinski definition) is 4. The third-order valence-electron chi connectivity index (χ3n) is 3.54. The summed E-state index contributed by atoms with van der Waals surface area (Å²) in [5.74, 6) is 0.436. The van der Waals surface area contributed by atoms with Gasteiger partial charge in [0.05, 0.1) is 5.75 Å². The summed E-state index contributed by atoms with van der Waals surface area (Å²) in [5.41, 5.74) is 0. The van der Waals surface area contributed by atoms with Crippen LogP contribution in [-0.4, -0.2) is 56.9 Å². The Balaban J connectivity index is 2.53. The number of carbonyl (C=O) groups is 1. The van der Waals surface area contributed by atoms with Gasteiger partial charge in [0.25, 0.3) is 0 Å². The van der Waals surface area contributed by atoms with E-state index in [0.29, 0.717) is 5.92 Å². The van der Waals surface area contributed by atoms with Crippen molar-refractivity contribution >= 4 is 15.7 Å². The molecule has 5 nitrogen and oxygen atoms in total. The Labute approximate surface area is 116 Å². The molecule has 1 fully saturated rings. The average Bonchev–Trinajstić information content (AvgIpc) is 2.33. The van der Waals surface area contributed by atoms with Crippen LogP contribution in [0.25, 0.3) is 0 Å². The lowest BCUT2D eigenvalue weighted by atomic mass is 9.97. The van der Waals surface area contributed by atoms with Crippen LogP contribution in [0, 0.1) is 5.92 Å². The van der Waals surface area contributed by atoms with Crippen molar-refractivity contribution < 1.29 is 13.2 Å². The third kappa shape index (κ3) is 6.38. The number of nitrogens with one attached hydrogen (secondary N) is 1. The van der Waals surface area contributed by atoms with Crippen LogP contribution in [0.1, 0.15) is 33.1 Å². The molecule has 1 rings (SSSR count). The lowest BCUT2D eigenvalue weighted by Crippen LogP contribution is -2.43. The van der Waals surface area contributed by atoms with Crippen LogP contribution in [0.3, 0.4) is 0 Å². The number of sulfone groups is 1. The summed E-state index contributed by atoms with van der Waals surface area (Å²) in [6.45, 7) is 6.74. The molecule has 6 heteroatoms. The lowest BCUT2D eigenvalue weighted by Gasteiger charge is -2.33. The molecule has 1 amide bonds. The van der Waals surface area contributed by atoms with Gasteiger partial charge in [0.2, 0.25) is 5.91 Å². The Morgan fingerprint density at radius 1 is 1.32 bits per heavy atom. The highest BCUT2D eigenvalue weighted by Crippen LogP contribution is 2.16. The number of hydrogen-bond donors (Lipinski definition) is 1. The molecule has 1 aliphatic rings. The number of carbonyl (C=O) groups excluding carboxylic acids is 1. The number of amides is 1. The summed E-state index contributed by atoms with van der Waals surface area (Å²) in [6.07, 6.45) is 3.44. The highest BCUT2D eigenvalue weighted by molar-refractivity contribution is 7.90. The second-order valence-corrected chi connectivity index (χ2v) is 7.97. The van der Waals surface area contributed by atoms with Crippen molar-refractivity contribution in [3.05, 3.63) is 0 Å². The minimum absolute atomic E-state index is 0.0426. The molecule has 0 spiro atoms. The zero-order chi connectivity index (χ0) is 14.5. The topological polar surface area (TPSA) is 66.5 Å². The molecule has 19 heavy (non-hydrogen) atoms. The molecule has 1 N–H and O–H groups in total. The smallest absolute Gasteiger partial charge is 0.223 e. The van der Waals surface area contributed by atoms with E-state index in [2.05, 4.69) is 5.32 Å². The monoisotopic (exact) mass is 290 g/mol. The molecule has 0 saturated carbocycles. The first kappa shape index (κ1) is 16.4. The first-order valence-corrected chi connectivity index (χ1v) is 9.03. The average molecular weight is 290 g/mol. The lowest BCUT2D eigenvalue weighted by molar-refractivity contribution is -0.133. The predicted octanol–water partition coefficient (Wildman–Crippen LogP) is 0.658. The van der Waals surface area contributed by atoms with Crippen molar-refractivity contribution in [2.45, 2.75) is 39.2 Å². The number of rotatable bonds is 6. The van der Waals surface area contributed by atoms with Crippen molar-refractivity contribution in [1.29, 1.82) is 0 Å². The van der Waals surface area contributed by atoms with Crippen molar-refractivity contribution in [1.82, 2.24) is 10.2 Å². The maximum atomic E-state index is 12.2. The summed E-state index contributed by atoms with van der Waals surface area (Å²) < 4.78 is 22.3. The van der Waals surface area contributed by atoms with Crippen LogP contribution in [0.4, 0.5) is 0 Å². The molecule has 0 bridgehead atoms. The van der Waals surface area contributed by atoms with E-state index in [1.54, 1.807) is 0 Å². The van der Waals surface area contributed by atoms with Crippen LogP contribution in [0.15, 0.2) is 0 Å². The van der Waals surface area contributed by atoms with Crippen LogP contribution in [0.2, 0.25) is 0 Å². The Morgan fingerprint density at radius 2 is 1.89 bits per heavy atom. The van der Waals surface area contributed by atoms with Gasteiger partial charge < -0.3 is 10.2 Å². The highest BCUT2D eigenvalue weighted by Gasteiger charge is 2.23. The Morgan fingerprint density at radius 3 is 2.37 bits per heavy atom. The summed E-state index contributed by atoms with van der Waals surface area (Å²) in [5, 5.41) is 3.31. The van der Waals surface area contributed by atoms with Gasteiger partial charge in [-0.15, -0.1) is 0 Å². The third-order valence-corrected chi connectivity index (χ3v) is 4.49. The van der Waals surface area contributed by atoms with Crippen LogP contribution >= 0.6 is 0 Å². The fourth-order valence-corrected chi connectivity index (χ4v) is 2.90. The van der Waals surface area contributed by atoms with Crippen LogP contribution in [-0.2, 0) is 14.6 Å². The molecule has 0 aromatic heterocycles. The van der Waals surface area contributed by atoms with Crippen LogP contribution in [0.5, 0.6) is 0 Å². The molecule has 0 aromatic rings. The van der Waals surface area contributed by atoms with Gasteiger partial charge in [0, 0.05) is 25.3 Å². The van der Waals surface area contributed by atoms with Gasteiger partial charge in [-0.1, -0.05) is 0 Å². The zero-order valence-electron chi connectivity index (χ0n) is 12.2. The second-order valence-electron chi connectivity index (χ2n) is 5.71. The van der Waals surface area contributed by atoms with Gasteiger partial charge in [-0.2, -0.15) is 0 Å².